The Bertz CT molecular complexity index is 713. The van der Waals surface area contributed by atoms with Crippen molar-refractivity contribution in [2.24, 2.45) is 10.7 Å². The quantitative estimate of drug-likeness (QED) is 0.595. The first-order chi connectivity index (χ1) is 11.4. The maximum atomic E-state index is 6.05. The number of benzene rings is 2. The molecule has 0 fully saturated rings. The second-order valence-corrected chi connectivity index (χ2v) is 6.62. The first-order valence-electron chi connectivity index (χ1n) is 8.15. The van der Waals surface area contributed by atoms with Crippen molar-refractivity contribution >= 4 is 17.4 Å². The second kappa shape index (κ2) is 8.86. The number of hydrogen-bond acceptors (Lipinski definition) is 2. The van der Waals surface area contributed by atoms with E-state index in [4.69, 9.17) is 22.1 Å². The van der Waals surface area contributed by atoms with Crippen molar-refractivity contribution < 1.29 is 4.74 Å². The van der Waals surface area contributed by atoms with Gasteiger partial charge in [0.2, 0.25) is 0 Å². The number of rotatable bonds is 7. The fourth-order valence-electron chi connectivity index (χ4n) is 2.34. The third kappa shape index (κ3) is 5.99. The van der Waals surface area contributed by atoms with Crippen LogP contribution in [0.2, 0.25) is 5.02 Å². The lowest BCUT2D eigenvalue weighted by Crippen LogP contribution is -2.19. The van der Waals surface area contributed by atoms with Crippen molar-refractivity contribution in [1.29, 1.82) is 0 Å². The van der Waals surface area contributed by atoms with E-state index >= 15 is 0 Å². The van der Waals surface area contributed by atoms with Gasteiger partial charge in [0.05, 0.1) is 25.1 Å². The summed E-state index contributed by atoms with van der Waals surface area (Å²) in [6.07, 6.45) is 0.671. The Morgan fingerprint density at radius 3 is 2.62 bits per heavy atom. The summed E-state index contributed by atoms with van der Waals surface area (Å²) >= 11 is 5.97. The smallest absolute Gasteiger partial charge is 0.0982 e. The van der Waals surface area contributed by atoms with E-state index in [1.54, 1.807) is 0 Å². The van der Waals surface area contributed by atoms with Gasteiger partial charge in [-0.25, -0.2) is 0 Å². The van der Waals surface area contributed by atoms with Crippen molar-refractivity contribution in [2.45, 2.75) is 39.9 Å². The molecule has 24 heavy (non-hydrogen) atoms. The van der Waals surface area contributed by atoms with E-state index in [-0.39, 0.29) is 6.10 Å². The van der Waals surface area contributed by atoms with Gasteiger partial charge in [-0.2, -0.15) is 0 Å². The van der Waals surface area contributed by atoms with E-state index in [9.17, 15) is 0 Å². The molecule has 0 aliphatic heterocycles. The lowest BCUT2D eigenvalue weighted by atomic mass is 10.0. The molecule has 4 heteroatoms. The van der Waals surface area contributed by atoms with Gasteiger partial charge < -0.3 is 10.5 Å². The van der Waals surface area contributed by atoms with E-state index < -0.39 is 0 Å². The summed E-state index contributed by atoms with van der Waals surface area (Å²) < 4.78 is 5.80. The molecule has 0 aliphatic carbocycles. The molecule has 0 saturated heterocycles. The molecule has 2 rings (SSSR count). The third-order valence-electron chi connectivity index (χ3n) is 3.93. The highest BCUT2D eigenvalue weighted by Crippen LogP contribution is 2.13. The number of hydrogen-bond donors (Lipinski definition) is 1. The molecule has 0 aromatic heterocycles. The van der Waals surface area contributed by atoms with Gasteiger partial charge in [-0.3, -0.25) is 4.99 Å². The Morgan fingerprint density at radius 1 is 1.12 bits per heavy atom. The minimum atomic E-state index is 0.00212. The average molecular weight is 345 g/mol. The summed E-state index contributed by atoms with van der Waals surface area (Å²) in [5.74, 6) is 0.636. The fourth-order valence-corrected chi connectivity index (χ4v) is 2.56. The van der Waals surface area contributed by atoms with Gasteiger partial charge in [0.25, 0.3) is 0 Å². The highest BCUT2D eigenvalue weighted by Gasteiger charge is 2.04. The average Bonchev–Trinajstić information content (AvgIpc) is 2.54. The fraction of sp³-hybridized carbons (Fsp3) is 0.350. The molecule has 0 aliphatic rings. The van der Waals surface area contributed by atoms with E-state index in [1.807, 2.05) is 31.2 Å². The lowest BCUT2D eigenvalue weighted by molar-refractivity contribution is 0.0593. The van der Waals surface area contributed by atoms with Crippen molar-refractivity contribution in [2.75, 3.05) is 6.54 Å². The lowest BCUT2D eigenvalue weighted by Gasteiger charge is -2.12. The summed E-state index contributed by atoms with van der Waals surface area (Å²) in [5, 5.41) is 0.722. The third-order valence-corrected chi connectivity index (χ3v) is 4.17. The Labute approximate surface area is 149 Å². The highest BCUT2D eigenvalue weighted by molar-refractivity contribution is 6.30. The van der Waals surface area contributed by atoms with E-state index in [0.29, 0.717) is 25.4 Å². The molecule has 128 valence electrons. The van der Waals surface area contributed by atoms with Crippen LogP contribution in [0.15, 0.2) is 47.5 Å². The van der Waals surface area contributed by atoms with Gasteiger partial charge in [0.15, 0.2) is 0 Å². The minimum Gasteiger partial charge on any atom is -0.387 e. The maximum absolute atomic E-state index is 6.05. The van der Waals surface area contributed by atoms with Crippen molar-refractivity contribution in [3.05, 3.63) is 69.7 Å². The standard InChI is InChI=1S/C20H25ClN2O/c1-14-7-8-17(9-15(14)2)11-20(22)23-12-16(3)24-13-18-5-4-6-19(21)10-18/h4-10,16H,11-13H2,1-3H3,(H2,22,23). The number of aliphatic imine (C=N–C) groups is 1. The van der Waals surface area contributed by atoms with Gasteiger partial charge in [-0.1, -0.05) is 41.9 Å². The molecule has 0 amide bonds. The molecular formula is C20H25ClN2O. The van der Waals surface area contributed by atoms with Crippen LogP contribution in [0.1, 0.15) is 29.2 Å². The summed E-state index contributed by atoms with van der Waals surface area (Å²) in [6, 6.07) is 14.1. The van der Waals surface area contributed by atoms with Crippen molar-refractivity contribution in [1.82, 2.24) is 0 Å². The number of aryl methyl sites for hydroxylation is 2. The van der Waals surface area contributed by atoms with E-state index in [2.05, 4.69) is 37.0 Å². The molecule has 3 nitrogen and oxygen atoms in total. The zero-order valence-electron chi connectivity index (χ0n) is 14.6. The predicted molar refractivity (Wildman–Crippen MR) is 102 cm³/mol. The molecule has 1 atom stereocenters. The monoisotopic (exact) mass is 344 g/mol. The summed E-state index contributed by atoms with van der Waals surface area (Å²) in [7, 11) is 0. The van der Waals surface area contributed by atoms with Crippen molar-refractivity contribution in [3.8, 4) is 0 Å². The molecule has 0 radical (unpaired) electrons. The highest BCUT2D eigenvalue weighted by atomic mass is 35.5. The Balaban J connectivity index is 1.81. The van der Waals surface area contributed by atoms with Crippen molar-refractivity contribution in [3.63, 3.8) is 0 Å². The van der Waals surface area contributed by atoms with Crippen LogP contribution < -0.4 is 5.73 Å². The summed E-state index contributed by atoms with van der Waals surface area (Å²) in [6.45, 7) is 7.29. The van der Waals surface area contributed by atoms with Crippen LogP contribution in [-0.4, -0.2) is 18.5 Å². The van der Waals surface area contributed by atoms with Gasteiger partial charge in [-0.15, -0.1) is 0 Å². The first kappa shape index (κ1) is 18.5. The number of halogens is 1. The Kier molecular flexibility index (Phi) is 6.83. The molecule has 1 unspecified atom stereocenters. The predicted octanol–water partition coefficient (Wildman–Crippen LogP) is 4.46. The maximum Gasteiger partial charge on any atom is 0.0982 e. The largest absolute Gasteiger partial charge is 0.387 e. The number of ether oxygens (including phenoxy) is 1. The molecule has 2 aromatic carbocycles. The Hall–Kier alpha value is -1.84. The van der Waals surface area contributed by atoms with Gasteiger partial charge >= 0.3 is 0 Å². The normalized spacial score (nSPS) is 13.1. The number of nitrogens with two attached hydrogens (primary N) is 1. The SMILES string of the molecule is Cc1ccc(CC(N)=NCC(C)OCc2cccc(Cl)c2)cc1C. The van der Waals surface area contributed by atoms with Gasteiger partial charge in [0, 0.05) is 11.4 Å². The molecule has 0 spiro atoms. The zero-order valence-corrected chi connectivity index (χ0v) is 15.3. The number of nitrogens with zero attached hydrogens (tertiary/aromatic N) is 1. The van der Waals surface area contributed by atoms with Crippen LogP contribution in [0, 0.1) is 13.8 Å². The minimum absolute atomic E-state index is 0.00212. The molecular weight excluding hydrogens is 320 g/mol. The molecule has 0 saturated carbocycles. The van der Waals surface area contributed by atoms with E-state index in [1.165, 1.54) is 16.7 Å². The van der Waals surface area contributed by atoms with Gasteiger partial charge in [0.1, 0.15) is 0 Å². The molecule has 0 heterocycles. The van der Waals surface area contributed by atoms with E-state index in [0.717, 1.165) is 10.6 Å². The molecule has 2 aromatic rings. The summed E-state index contributed by atoms with van der Waals surface area (Å²) in [5.41, 5.74) is 10.9. The van der Waals surface area contributed by atoms with Crippen LogP contribution >= 0.6 is 11.6 Å². The Morgan fingerprint density at radius 2 is 1.92 bits per heavy atom. The first-order valence-corrected chi connectivity index (χ1v) is 8.53. The van der Waals surface area contributed by atoms with Crippen LogP contribution in [-0.2, 0) is 17.8 Å². The second-order valence-electron chi connectivity index (χ2n) is 6.18. The van der Waals surface area contributed by atoms with Crippen LogP contribution in [0.25, 0.3) is 0 Å². The zero-order chi connectivity index (χ0) is 17.5. The van der Waals surface area contributed by atoms with Crippen LogP contribution in [0.5, 0.6) is 0 Å². The topological polar surface area (TPSA) is 47.6 Å². The van der Waals surface area contributed by atoms with Crippen LogP contribution in [0.4, 0.5) is 0 Å². The number of amidine groups is 1. The molecule has 2 N–H and O–H groups in total. The molecule has 0 bridgehead atoms. The van der Waals surface area contributed by atoms with Crippen LogP contribution in [0.3, 0.4) is 0 Å². The van der Waals surface area contributed by atoms with Gasteiger partial charge in [-0.05, 0) is 55.2 Å². The summed E-state index contributed by atoms with van der Waals surface area (Å²) in [4.78, 5) is 4.44.